The number of aliphatic hydroxyl groups excluding tert-OH is 1. The minimum atomic E-state index is -3.75. The average molecular weight is 431 g/mol. The maximum atomic E-state index is 14.4. The van der Waals surface area contributed by atoms with Crippen LogP contribution in [-0.4, -0.2) is 47.1 Å². The van der Waals surface area contributed by atoms with Gasteiger partial charge in [-0.05, 0) is 24.1 Å². The van der Waals surface area contributed by atoms with Gasteiger partial charge in [0.1, 0.15) is 11.5 Å². The molecule has 0 radical (unpaired) electrons. The summed E-state index contributed by atoms with van der Waals surface area (Å²) < 4.78 is 45.0. The van der Waals surface area contributed by atoms with Crippen LogP contribution in [-0.2, 0) is 29.6 Å². The molecule has 2 aromatic carbocycles. The van der Waals surface area contributed by atoms with Gasteiger partial charge >= 0.3 is 10.1 Å². The van der Waals surface area contributed by atoms with Gasteiger partial charge < -0.3 is 9.29 Å². The lowest BCUT2D eigenvalue weighted by Crippen LogP contribution is -2.27. The van der Waals surface area contributed by atoms with Gasteiger partial charge in [0.2, 0.25) is 5.88 Å². The van der Waals surface area contributed by atoms with Crippen LogP contribution in [0.1, 0.15) is 16.8 Å². The lowest BCUT2D eigenvalue weighted by Gasteiger charge is -2.21. The molecule has 0 amide bonds. The van der Waals surface area contributed by atoms with E-state index in [0.29, 0.717) is 30.9 Å². The smallest absolute Gasteiger partial charge is 0.311 e. The van der Waals surface area contributed by atoms with Gasteiger partial charge in [-0.25, -0.2) is 4.39 Å². The van der Waals surface area contributed by atoms with Crippen LogP contribution in [0.5, 0.6) is 5.88 Å². The van der Waals surface area contributed by atoms with Crippen LogP contribution in [0.3, 0.4) is 0 Å². The standard InChI is InChI=1S/C21H22FN3O4S/c22-18-8-4-5-9-20(18)25-21-17(10-13-30(27,28)29-21)19(23-25)15-24(11-12-26)14-16-6-2-1-3-7-16/h1-9,26H,10-15H2. The Labute approximate surface area is 174 Å². The second kappa shape index (κ2) is 8.55. The molecule has 0 saturated carbocycles. The predicted octanol–water partition coefficient (Wildman–Crippen LogP) is 2.27. The minimum absolute atomic E-state index is 0.0324. The minimum Gasteiger partial charge on any atom is -0.395 e. The fraction of sp³-hybridized carbons (Fsp3) is 0.286. The van der Waals surface area contributed by atoms with Crippen molar-refractivity contribution in [1.82, 2.24) is 14.7 Å². The van der Waals surface area contributed by atoms with E-state index in [1.54, 1.807) is 12.1 Å². The topological polar surface area (TPSA) is 84.7 Å². The number of halogens is 1. The number of benzene rings is 2. The quantitative estimate of drug-likeness (QED) is 0.578. The van der Waals surface area contributed by atoms with Crippen molar-refractivity contribution < 1.29 is 22.1 Å². The van der Waals surface area contributed by atoms with Crippen molar-refractivity contribution in [3.05, 3.63) is 77.2 Å². The Morgan fingerprint density at radius 2 is 1.83 bits per heavy atom. The van der Waals surface area contributed by atoms with E-state index in [-0.39, 0.29) is 30.3 Å². The summed E-state index contributed by atoms with van der Waals surface area (Å²) in [6.45, 7) is 1.33. The van der Waals surface area contributed by atoms with Gasteiger partial charge in [-0.3, -0.25) is 4.90 Å². The lowest BCUT2D eigenvalue weighted by molar-refractivity contribution is 0.182. The van der Waals surface area contributed by atoms with Crippen molar-refractivity contribution in [3.63, 3.8) is 0 Å². The summed E-state index contributed by atoms with van der Waals surface area (Å²) >= 11 is 0. The molecular weight excluding hydrogens is 409 g/mol. The summed E-state index contributed by atoms with van der Waals surface area (Å²) in [5, 5.41) is 14.0. The van der Waals surface area contributed by atoms with E-state index in [9.17, 15) is 17.9 Å². The molecule has 30 heavy (non-hydrogen) atoms. The summed E-state index contributed by atoms with van der Waals surface area (Å²) in [6, 6.07) is 15.8. The van der Waals surface area contributed by atoms with Crippen LogP contribution in [0, 0.1) is 5.82 Å². The second-order valence-corrected chi connectivity index (χ2v) is 8.80. The predicted molar refractivity (Wildman–Crippen MR) is 109 cm³/mol. The highest BCUT2D eigenvalue weighted by molar-refractivity contribution is 7.87. The first-order chi connectivity index (χ1) is 14.5. The number of aliphatic hydroxyl groups is 1. The van der Waals surface area contributed by atoms with Gasteiger partial charge in [0.15, 0.2) is 0 Å². The fourth-order valence-corrected chi connectivity index (χ4v) is 4.48. The van der Waals surface area contributed by atoms with Crippen LogP contribution in [0.15, 0.2) is 54.6 Å². The number of hydrogen-bond donors (Lipinski definition) is 1. The third-order valence-corrected chi connectivity index (χ3v) is 6.06. The van der Waals surface area contributed by atoms with Gasteiger partial charge in [0, 0.05) is 25.2 Å². The Hall–Kier alpha value is -2.75. The van der Waals surface area contributed by atoms with E-state index in [1.807, 2.05) is 35.2 Å². The number of para-hydroxylation sites is 1. The first kappa shape index (κ1) is 20.5. The second-order valence-electron chi connectivity index (χ2n) is 7.11. The third-order valence-electron chi connectivity index (χ3n) is 4.95. The lowest BCUT2D eigenvalue weighted by atomic mass is 10.1. The molecule has 4 rings (SSSR count). The Morgan fingerprint density at radius 3 is 2.57 bits per heavy atom. The van der Waals surface area contributed by atoms with Gasteiger partial charge in [-0.15, -0.1) is 0 Å². The number of aromatic nitrogens is 2. The van der Waals surface area contributed by atoms with E-state index in [0.717, 1.165) is 5.56 Å². The maximum absolute atomic E-state index is 14.4. The molecule has 0 aliphatic carbocycles. The summed E-state index contributed by atoms with van der Waals surface area (Å²) in [6.07, 6.45) is 0.236. The molecule has 1 aromatic heterocycles. The zero-order chi connectivity index (χ0) is 21.1. The first-order valence-electron chi connectivity index (χ1n) is 9.62. The van der Waals surface area contributed by atoms with Crippen LogP contribution in [0.4, 0.5) is 4.39 Å². The van der Waals surface area contributed by atoms with E-state index >= 15 is 0 Å². The van der Waals surface area contributed by atoms with Crippen LogP contribution in [0.2, 0.25) is 0 Å². The number of fused-ring (bicyclic) bond motifs is 1. The molecule has 0 bridgehead atoms. The Morgan fingerprint density at radius 1 is 1.10 bits per heavy atom. The summed E-state index contributed by atoms with van der Waals surface area (Å²) in [7, 11) is -3.75. The van der Waals surface area contributed by atoms with Crippen molar-refractivity contribution in [3.8, 4) is 11.6 Å². The van der Waals surface area contributed by atoms with Crippen molar-refractivity contribution >= 4 is 10.1 Å². The fourth-order valence-electron chi connectivity index (χ4n) is 3.53. The number of nitrogens with zero attached hydrogens (tertiary/aromatic N) is 3. The largest absolute Gasteiger partial charge is 0.395 e. The maximum Gasteiger partial charge on any atom is 0.311 e. The zero-order valence-corrected chi connectivity index (χ0v) is 17.1. The van der Waals surface area contributed by atoms with Crippen LogP contribution in [0.25, 0.3) is 5.69 Å². The van der Waals surface area contributed by atoms with Crippen LogP contribution < -0.4 is 4.18 Å². The Balaban J connectivity index is 1.72. The van der Waals surface area contributed by atoms with Crippen molar-refractivity contribution in [2.24, 2.45) is 0 Å². The van der Waals surface area contributed by atoms with E-state index in [1.165, 1.54) is 16.8 Å². The zero-order valence-electron chi connectivity index (χ0n) is 16.2. The summed E-state index contributed by atoms with van der Waals surface area (Å²) in [5.74, 6) is -0.656. The average Bonchev–Trinajstić information content (AvgIpc) is 3.05. The van der Waals surface area contributed by atoms with Crippen LogP contribution >= 0.6 is 0 Å². The number of rotatable bonds is 7. The molecule has 0 unspecified atom stereocenters. The molecule has 158 valence electrons. The molecular formula is C21H22FN3O4S. The van der Waals surface area contributed by atoms with Gasteiger partial charge in [0.05, 0.1) is 18.1 Å². The highest BCUT2D eigenvalue weighted by Gasteiger charge is 2.32. The highest BCUT2D eigenvalue weighted by Crippen LogP contribution is 2.33. The van der Waals surface area contributed by atoms with Gasteiger partial charge in [0.25, 0.3) is 0 Å². The SMILES string of the molecule is O=S1(=O)CCc2c(CN(CCO)Cc3ccccc3)nn(-c3ccccc3F)c2O1. The Bertz CT molecular complexity index is 1130. The molecule has 0 saturated heterocycles. The molecule has 2 heterocycles. The van der Waals surface area contributed by atoms with Crippen molar-refractivity contribution in [2.45, 2.75) is 19.5 Å². The third kappa shape index (κ3) is 4.38. The van der Waals surface area contributed by atoms with E-state index in [2.05, 4.69) is 5.10 Å². The van der Waals surface area contributed by atoms with Crippen molar-refractivity contribution in [2.75, 3.05) is 18.9 Å². The van der Waals surface area contributed by atoms with E-state index < -0.39 is 15.9 Å². The monoisotopic (exact) mass is 431 g/mol. The summed E-state index contributed by atoms with van der Waals surface area (Å²) in [4.78, 5) is 2.01. The highest BCUT2D eigenvalue weighted by atomic mass is 32.2. The molecule has 7 nitrogen and oxygen atoms in total. The Kier molecular flexibility index (Phi) is 5.85. The van der Waals surface area contributed by atoms with Gasteiger partial charge in [-0.2, -0.15) is 18.2 Å². The first-order valence-corrected chi connectivity index (χ1v) is 11.2. The van der Waals surface area contributed by atoms with Crippen molar-refractivity contribution in [1.29, 1.82) is 0 Å². The molecule has 9 heteroatoms. The molecule has 0 spiro atoms. The molecule has 1 aliphatic rings. The molecule has 0 fully saturated rings. The van der Waals surface area contributed by atoms with E-state index in [4.69, 9.17) is 4.18 Å². The normalized spacial score (nSPS) is 15.0. The summed E-state index contributed by atoms with van der Waals surface area (Å²) in [5.41, 5.74) is 2.44. The molecule has 1 aliphatic heterocycles. The van der Waals surface area contributed by atoms with Gasteiger partial charge in [-0.1, -0.05) is 42.5 Å². The molecule has 0 atom stereocenters. The number of hydrogen-bond acceptors (Lipinski definition) is 6. The molecule has 1 N–H and O–H groups in total. The molecule has 3 aromatic rings.